The molecule has 1 heterocycles. The molecular weight excluding hydrogens is 96.0 g/mol. The molecule has 3 radical (unpaired) electrons. The van der Waals surface area contributed by atoms with Gasteiger partial charge in [0.2, 0.25) is 0 Å². The molecule has 1 aromatic heterocycles. The van der Waals surface area contributed by atoms with Gasteiger partial charge in [0.1, 0.15) is 6.26 Å². The maximum absolute atomic E-state index is 9.85. The van der Waals surface area contributed by atoms with E-state index in [1.165, 1.54) is 12.5 Å². The van der Waals surface area contributed by atoms with Crippen LogP contribution in [0.25, 0.3) is 0 Å². The smallest absolute Gasteiger partial charge is 0.416 e. The van der Waals surface area contributed by atoms with E-state index in [4.69, 9.17) is 0 Å². The van der Waals surface area contributed by atoms with Crippen LogP contribution in [0.15, 0.2) is 21.7 Å². The highest BCUT2D eigenvalue weighted by molar-refractivity contribution is 4.58. The fourth-order valence-electron chi connectivity index (χ4n) is 0.232. The molecule has 1 rings (SSSR count). The molecule has 0 atom stereocenters. The maximum Gasteiger partial charge on any atom is 0.416 e. The summed E-state index contributed by atoms with van der Waals surface area (Å²) in [5.41, 5.74) is 0. The van der Waals surface area contributed by atoms with Crippen LogP contribution in [0.4, 0.5) is 0 Å². The summed E-state index contributed by atoms with van der Waals surface area (Å²) in [4.78, 5) is 12.1. The number of rotatable bonds is 0. The molecule has 0 aliphatic heterocycles. The minimum atomic E-state index is -0.407. The molecule has 0 aromatic carbocycles. The van der Waals surface area contributed by atoms with Crippen LogP contribution in [-0.2, 0) is 0 Å². The van der Waals surface area contributed by atoms with Gasteiger partial charge in [0, 0.05) is 12.3 Å². The summed E-state index contributed by atoms with van der Waals surface area (Å²) in [6.45, 7) is 0. The molecular formula is C3H3N2O2. The molecule has 0 saturated carbocycles. The number of hydrogen-bond donors (Lipinski definition) is 1. The highest BCUT2D eigenvalue weighted by atomic mass is 16.4. The average Bonchev–Trinajstić information content (AvgIpc) is 1.86. The largest absolute Gasteiger partial charge is 0.417 e. The second-order valence-electron chi connectivity index (χ2n) is 0.852. The lowest BCUT2D eigenvalue weighted by atomic mass is 11.0. The minimum Gasteiger partial charge on any atom is -0.417 e. The highest BCUT2D eigenvalue weighted by Crippen LogP contribution is 1.62. The molecule has 0 unspecified atom stereocenters. The molecule has 4 heteroatoms. The molecule has 1 aromatic rings. The second kappa shape index (κ2) is 2.20. The van der Waals surface area contributed by atoms with Crippen molar-refractivity contribution in [3.8, 4) is 0 Å². The van der Waals surface area contributed by atoms with E-state index in [0.717, 1.165) is 0 Å². The van der Waals surface area contributed by atoms with Gasteiger partial charge in [-0.2, -0.15) is 0 Å². The standard InChI is InChI=1S/C3H3NO2.N/c5-3-4-1-2-6-3;/h1-2H,(H,4,5);. The molecule has 7 heavy (non-hydrogen) atoms. The lowest BCUT2D eigenvalue weighted by Crippen LogP contribution is -1.91. The summed E-state index contributed by atoms with van der Waals surface area (Å²) >= 11 is 0. The molecule has 0 saturated heterocycles. The third kappa shape index (κ3) is 1.23. The van der Waals surface area contributed by atoms with Crippen LogP contribution in [0.1, 0.15) is 0 Å². The Morgan fingerprint density at radius 1 is 1.71 bits per heavy atom. The molecule has 37 valence electrons. The van der Waals surface area contributed by atoms with Crippen molar-refractivity contribution in [3.63, 3.8) is 0 Å². The van der Waals surface area contributed by atoms with Crippen molar-refractivity contribution in [1.82, 2.24) is 11.1 Å². The Balaban J connectivity index is 0.000000360. The van der Waals surface area contributed by atoms with Gasteiger partial charge in [0.25, 0.3) is 0 Å². The lowest BCUT2D eigenvalue weighted by molar-refractivity contribution is 0.515. The first-order chi connectivity index (χ1) is 2.89. The summed E-state index contributed by atoms with van der Waals surface area (Å²) in [5.74, 6) is -0.407. The first kappa shape index (κ1) is 5.97. The van der Waals surface area contributed by atoms with Gasteiger partial charge < -0.3 is 4.42 Å². The van der Waals surface area contributed by atoms with E-state index < -0.39 is 5.76 Å². The Hall–Kier alpha value is -1.03. The fraction of sp³-hybridized carbons (Fsp3) is 0. The van der Waals surface area contributed by atoms with Crippen molar-refractivity contribution < 1.29 is 4.42 Å². The Morgan fingerprint density at radius 2 is 2.43 bits per heavy atom. The number of hydrogen-bond acceptors (Lipinski definition) is 2. The molecule has 0 amide bonds. The summed E-state index contributed by atoms with van der Waals surface area (Å²) in [7, 11) is 0. The predicted octanol–water partition coefficient (Wildman–Crippen LogP) is -0.513. The number of oxazole rings is 1. The third-order valence-electron chi connectivity index (χ3n) is 0.444. The van der Waals surface area contributed by atoms with Gasteiger partial charge in [-0.1, -0.05) is 0 Å². The summed E-state index contributed by atoms with van der Waals surface area (Å²) in [6.07, 6.45) is 2.73. The Labute approximate surface area is 39.7 Å². The second-order valence-corrected chi connectivity index (χ2v) is 0.852. The zero-order valence-corrected chi connectivity index (χ0v) is 3.42. The zero-order chi connectivity index (χ0) is 4.41. The van der Waals surface area contributed by atoms with E-state index in [2.05, 4.69) is 9.40 Å². The van der Waals surface area contributed by atoms with Crippen LogP contribution in [0, 0.1) is 0 Å². The average molecular weight is 99.1 g/mol. The molecule has 0 aliphatic carbocycles. The monoisotopic (exact) mass is 99.0 g/mol. The Morgan fingerprint density at radius 3 is 2.57 bits per heavy atom. The van der Waals surface area contributed by atoms with Crippen LogP contribution >= 0.6 is 0 Å². The summed E-state index contributed by atoms with van der Waals surface area (Å²) < 4.78 is 4.22. The molecule has 4 nitrogen and oxygen atoms in total. The zero-order valence-electron chi connectivity index (χ0n) is 3.42. The SMILES string of the molecule is O=c1[nH]cco1.[N]. The summed E-state index contributed by atoms with van der Waals surface area (Å²) in [5, 5.41) is 0. The number of H-pyrrole nitrogens is 1. The van der Waals surface area contributed by atoms with Crippen molar-refractivity contribution in [3.05, 3.63) is 23.0 Å². The van der Waals surface area contributed by atoms with Crippen LogP contribution in [0.2, 0.25) is 0 Å². The van der Waals surface area contributed by atoms with E-state index in [1.54, 1.807) is 0 Å². The van der Waals surface area contributed by atoms with Gasteiger partial charge in [-0.15, -0.1) is 0 Å². The van der Waals surface area contributed by atoms with Crippen LogP contribution < -0.4 is 11.9 Å². The molecule has 1 N–H and O–H groups in total. The van der Waals surface area contributed by atoms with Crippen LogP contribution in [0.5, 0.6) is 0 Å². The molecule has 0 spiro atoms. The van der Waals surface area contributed by atoms with Crippen LogP contribution in [0.3, 0.4) is 0 Å². The lowest BCUT2D eigenvalue weighted by Gasteiger charge is -1.51. The van der Waals surface area contributed by atoms with Crippen molar-refractivity contribution in [2.45, 2.75) is 0 Å². The fourth-order valence-corrected chi connectivity index (χ4v) is 0.232. The highest BCUT2D eigenvalue weighted by Gasteiger charge is 1.72. The summed E-state index contributed by atoms with van der Waals surface area (Å²) in [6, 6.07) is 0. The van der Waals surface area contributed by atoms with Crippen molar-refractivity contribution in [1.29, 1.82) is 0 Å². The first-order valence-electron chi connectivity index (χ1n) is 1.52. The van der Waals surface area contributed by atoms with Crippen molar-refractivity contribution in [2.75, 3.05) is 0 Å². The number of aromatic amines is 1. The quantitative estimate of drug-likeness (QED) is 0.475. The van der Waals surface area contributed by atoms with E-state index in [-0.39, 0.29) is 6.15 Å². The number of nitrogens with zero attached hydrogens (tertiary/aromatic N) is 1. The normalized spacial score (nSPS) is 7.43. The Bertz CT molecular complexity index is 149. The van der Waals surface area contributed by atoms with Crippen molar-refractivity contribution >= 4 is 0 Å². The topological polar surface area (TPSA) is 76.5 Å². The van der Waals surface area contributed by atoms with Gasteiger partial charge in [-0.3, -0.25) is 4.98 Å². The molecule has 0 aliphatic rings. The predicted molar refractivity (Wildman–Crippen MR) is 21.5 cm³/mol. The number of aromatic nitrogens is 1. The molecule has 0 bridgehead atoms. The van der Waals surface area contributed by atoms with E-state index >= 15 is 0 Å². The van der Waals surface area contributed by atoms with Crippen molar-refractivity contribution in [2.24, 2.45) is 0 Å². The third-order valence-corrected chi connectivity index (χ3v) is 0.444. The van der Waals surface area contributed by atoms with Gasteiger partial charge in [-0.05, 0) is 0 Å². The van der Waals surface area contributed by atoms with Gasteiger partial charge in [0.15, 0.2) is 0 Å². The van der Waals surface area contributed by atoms with Crippen LogP contribution in [-0.4, -0.2) is 4.98 Å². The van der Waals surface area contributed by atoms with Gasteiger partial charge in [-0.25, -0.2) is 4.79 Å². The first-order valence-corrected chi connectivity index (χ1v) is 1.52. The number of nitrogens with one attached hydrogen (secondary N) is 1. The van der Waals surface area contributed by atoms with Gasteiger partial charge in [0.05, 0.1) is 0 Å². The minimum absolute atomic E-state index is 0. The van der Waals surface area contributed by atoms with E-state index in [0.29, 0.717) is 0 Å². The maximum atomic E-state index is 9.85. The Kier molecular flexibility index (Phi) is 1.87. The molecule has 0 fully saturated rings. The van der Waals surface area contributed by atoms with E-state index in [9.17, 15) is 4.79 Å². The van der Waals surface area contributed by atoms with Gasteiger partial charge >= 0.3 is 5.76 Å². The van der Waals surface area contributed by atoms with E-state index in [1.807, 2.05) is 0 Å².